The van der Waals surface area contributed by atoms with Crippen LogP contribution in [0.4, 0.5) is 0 Å². The van der Waals surface area contributed by atoms with Crippen molar-refractivity contribution in [2.45, 2.75) is 22.1 Å². The van der Waals surface area contributed by atoms with Crippen molar-refractivity contribution < 1.29 is 24.4 Å². The van der Waals surface area contributed by atoms with E-state index in [1.165, 1.54) is 79.4 Å². The van der Waals surface area contributed by atoms with Crippen LogP contribution in [0.3, 0.4) is 0 Å². The van der Waals surface area contributed by atoms with E-state index < -0.39 is 37.6 Å². The van der Waals surface area contributed by atoms with Gasteiger partial charge < -0.3 is 14.8 Å². The van der Waals surface area contributed by atoms with Crippen molar-refractivity contribution in [2.24, 2.45) is 0 Å². The SMILES string of the molecule is O=C(O)c1ccccc1[S+]([O-])c1ccccc1C(=O)O.c1ccc(C[PH](c2ccccc2)(c2ccccc2)c2ccccc2)cc1.c1ccc(C[PH](c2ccccc2)(c2ccccc2)c2ccccc2)cc1. The molecule has 0 spiro atoms. The van der Waals surface area contributed by atoms with Gasteiger partial charge in [0.2, 0.25) is 0 Å². The van der Waals surface area contributed by atoms with Gasteiger partial charge in [-0.15, -0.1) is 0 Å². The van der Waals surface area contributed by atoms with E-state index in [4.69, 9.17) is 10.2 Å². The average Bonchev–Trinajstić information content (AvgIpc) is 3.46. The van der Waals surface area contributed by atoms with E-state index in [0.29, 0.717) is 0 Å². The van der Waals surface area contributed by atoms with Crippen LogP contribution in [0.5, 0.6) is 0 Å². The molecule has 0 heterocycles. The molecule has 2 N–H and O–H groups in total. The normalized spacial score (nSPS) is 11.5. The Morgan fingerprint density at radius 3 is 0.722 bits per heavy atom. The third-order valence-corrected chi connectivity index (χ3v) is 24.2. The van der Waals surface area contributed by atoms with Crippen LogP contribution in [0.15, 0.2) is 301 Å². The van der Waals surface area contributed by atoms with E-state index in [-0.39, 0.29) is 20.9 Å². The quantitative estimate of drug-likeness (QED) is 0.0835. The van der Waals surface area contributed by atoms with Crippen molar-refractivity contribution in [1.82, 2.24) is 0 Å². The number of aromatic carboxylic acids is 2. The molecule has 5 nitrogen and oxygen atoms in total. The predicted octanol–water partition coefficient (Wildman–Crippen LogP) is 12.1. The van der Waals surface area contributed by atoms with E-state index in [2.05, 4.69) is 243 Å². The van der Waals surface area contributed by atoms with Crippen LogP contribution in [0.25, 0.3) is 0 Å². The number of hydrogen-bond acceptors (Lipinski definition) is 3. The first-order valence-electron chi connectivity index (χ1n) is 23.8. The first-order chi connectivity index (χ1) is 35.3. The van der Waals surface area contributed by atoms with Gasteiger partial charge in [-0.1, -0.05) is 24.3 Å². The average molecular weight is 999 g/mol. The monoisotopic (exact) mass is 998 g/mol. The molecule has 0 aliphatic heterocycles. The molecule has 10 aromatic carbocycles. The summed E-state index contributed by atoms with van der Waals surface area (Å²) < 4.78 is 12.5. The maximum atomic E-state index is 12.5. The molecule has 0 saturated carbocycles. The Balaban J connectivity index is 0.000000146. The topological polar surface area (TPSA) is 97.7 Å². The van der Waals surface area contributed by atoms with E-state index in [1.54, 1.807) is 12.1 Å². The van der Waals surface area contributed by atoms with Gasteiger partial charge in [-0.3, -0.25) is 0 Å². The Labute approximate surface area is 427 Å². The van der Waals surface area contributed by atoms with Crippen molar-refractivity contribution in [3.8, 4) is 0 Å². The molecule has 0 saturated heterocycles. The van der Waals surface area contributed by atoms with Crippen LogP contribution in [0, 0.1) is 0 Å². The fourth-order valence-corrected chi connectivity index (χ4v) is 20.3. The minimum atomic E-state index is -2.16. The van der Waals surface area contributed by atoms with Gasteiger partial charge in [-0.05, 0) is 24.3 Å². The second kappa shape index (κ2) is 24.9. The van der Waals surface area contributed by atoms with Crippen molar-refractivity contribution in [3.63, 3.8) is 0 Å². The zero-order chi connectivity index (χ0) is 50.0. The molecule has 0 fully saturated rings. The predicted molar refractivity (Wildman–Crippen MR) is 305 cm³/mol. The molecule has 0 bridgehead atoms. The Kier molecular flexibility index (Phi) is 17.5. The molecule has 10 aromatic rings. The molecule has 0 aromatic heterocycles. The first-order valence-corrected chi connectivity index (χ1v) is 29.3. The van der Waals surface area contributed by atoms with Crippen molar-refractivity contribution in [3.05, 3.63) is 313 Å². The van der Waals surface area contributed by atoms with Gasteiger partial charge in [-0.2, -0.15) is 0 Å². The van der Waals surface area contributed by atoms with E-state index >= 15 is 0 Å². The molecule has 0 atom stereocenters. The number of rotatable bonds is 14. The van der Waals surface area contributed by atoms with Crippen LogP contribution in [0.2, 0.25) is 0 Å². The van der Waals surface area contributed by atoms with Crippen LogP contribution in [-0.4, -0.2) is 26.7 Å². The number of benzene rings is 10. The molecular formula is C64H56O5P2S. The third kappa shape index (κ3) is 11.9. The Morgan fingerprint density at radius 1 is 0.306 bits per heavy atom. The number of carbonyl (C=O) groups is 2. The van der Waals surface area contributed by atoms with Crippen LogP contribution < -0.4 is 31.8 Å². The zero-order valence-corrected chi connectivity index (χ0v) is 42.5. The summed E-state index contributed by atoms with van der Waals surface area (Å²) in [5, 5.41) is 26.9. The summed E-state index contributed by atoms with van der Waals surface area (Å²) in [7, 11) is -4.33. The van der Waals surface area contributed by atoms with E-state index in [9.17, 15) is 14.1 Å². The number of carboxylic acids is 2. The first kappa shape index (κ1) is 50.7. The summed E-state index contributed by atoms with van der Waals surface area (Å²) in [6.45, 7) is 0. The second-order valence-corrected chi connectivity index (χ2v) is 26.4. The van der Waals surface area contributed by atoms with Gasteiger partial charge in [-0.25, -0.2) is 9.59 Å². The molecule has 0 unspecified atom stereocenters. The molecule has 0 amide bonds. The van der Waals surface area contributed by atoms with Gasteiger partial charge in [0.1, 0.15) is 11.1 Å². The Morgan fingerprint density at radius 2 is 0.500 bits per heavy atom. The summed E-state index contributed by atoms with van der Waals surface area (Å²) >= 11 is -1.87. The summed E-state index contributed by atoms with van der Waals surface area (Å²) in [5.41, 5.74) is 2.59. The number of carboxylic acid groups (broad SMARTS) is 2. The molecule has 10 rings (SSSR count). The summed E-state index contributed by atoms with van der Waals surface area (Å²) in [4.78, 5) is 22.4. The Hall–Kier alpha value is -7.69. The van der Waals surface area contributed by atoms with Gasteiger partial charge in [0.05, 0.1) is 0 Å². The summed E-state index contributed by atoms with van der Waals surface area (Å²) in [6, 6.07) is 100. The molecule has 8 heteroatoms. The van der Waals surface area contributed by atoms with E-state index in [1.807, 2.05) is 0 Å². The van der Waals surface area contributed by atoms with Crippen LogP contribution in [0.1, 0.15) is 31.8 Å². The molecule has 0 radical (unpaired) electrons. The molecule has 72 heavy (non-hydrogen) atoms. The standard InChI is InChI=1S/2C25H23P.C14H10O5S/c2*1-5-13-22(14-6-1)21-26(23-15-7-2-8-16-23,24-17-9-3-10-18-24)25-19-11-4-12-20-25;15-13(16)9-5-1-3-7-11(9)20(19)12-8-4-2-6-10(12)14(17)18/h2*1-20,26H,21H2;1-8H,(H,15,16)(H,17,18). The fourth-order valence-electron chi connectivity index (χ4n) is 9.48. The van der Waals surface area contributed by atoms with Crippen molar-refractivity contribution >= 4 is 69.5 Å². The summed E-state index contributed by atoms with van der Waals surface area (Å²) in [5.74, 6) is -2.41. The zero-order valence-electron chi connectivity index (χ0n) is 39.7. The van der Waals surface area contributed by atoms with Crippen molar-refractivity contribution in [1.29, 1.82) is 0 Å². The molecule has 0 aliphatic carbocycles. The van der Waals surface area contributed by atoms with Gasteiger partial charge in [0.25, 0.3) is 0 Å². The second-order valence-electron chi connectivity index (χ2n) is 17.2. The maximum absolute atomic E-state index is 12.5. The van der Waals surface area contributed by atoms with Gasteiger partial charge in [0, 0.05) is 11.2 Å². The molecule has 0 aliphatic rings. The third-order valence-electron chi connectivity index (χ3n) is 12.9. The van der Waals surface area contributed by atoms with Crippen molar-refractivity contribution in [2.75, 3.05) is 0 Å². The Bertz CT molecular complexity index is 2830. The van der Waals surface area contributed by atoms with E-state index in [0.717, 1.165) is 12.3 Å². The molecule has 358 valence electrons. The molecular weight excluding hydrogens is 943 g/mol. The van der Waals surface area contributed by atoms with Crippen LogP contribution in [-0.2, 0) is 23.5 Å². The van der Waals surface area contributed by atoms with Crippen LogP contribution >= 0.6 is 14.5 Å². The summed E-state index contributed by atoms with van der Waals surface area (Å²) in [6.07, 6.45) is 2.12. The minimum absolute atomic E-state index is 0.0775. The number of hydrogen-bond donors (Lipinski definition) is 2. The van der Waals surface area contributed by atoms with Gasteiger partial charge >= 0.3 is 324 Å². The fraction of sp³-hybridized carbons (Fsp3) is 0.0312. The van der Waals surface area contributed by atoms with Gasteiger partial charge in [0.15, 0.2) is 9.79 Å².